The van der Waals surface area contributed by atoms with E-state index in [2.05, 4.69) is 20.8 Å². The summed E-state index contributed by atoms with van der Waals surface area (Å²) in [5.41, 5.74) is 0. The molecule has 8 heteroatoms. The number of hydrogen-bond acceptors (Lipinski definition) is 5. The molecule has 19 heavy (non-hydrogen) atoms. The van der Waals surface area contributed by atoms with E-state index in [4.69, 9.17) is 0 Å². The molecule has 1 rings (SSSR count). The number of aromatic nitrogens is 3. The quantitative estimate of drug-likeness (QED) is 0.766. The summed E-state index contributed by atoms with van der Waals surface area (Å²) in [6, 6.07) is -0.230. The van der Waals surface area contributed by atoms with Crippen LogP contribution in [0.15, 0.2) is 11.5 Å². The van der Waals surface area contributed by atoms with Crippen LogP contribution in [0.1, 0.15) is 33.2 Å². The Balaban J connectivity index is 2.37. The lowest BCUT2D eigenvalue weighted by molar-refractivity contribution is -0.117. The third kappa shape index (κ3) is 5.29. The third-order valence-corrected chi connectivity index (χ3v) is 3.17. The molecule has 0 spiro atoms. The van der Waals surface area contributed by atoms with Crippen molar-refractivity contribution in [2.45, 2.75) is 38.4 Å². The van der Waals surface area contributed by atoms with Gasteiger partial charge in [0.2, 0.25) is 5.91 Å². The van der Waals surface area contributed by atoms with Gasteiger partial charge in [-0.3, -0.25) is 10.1 Å². The SMILES string of the molecule is CCCNC(=O)NC(=O)CSc1nncn1C(C)C. The van der Waals surface area contributed by atoms with E-state index in [-0.39, 0.29) is 17.7 Å². The standard InChI is InChI=1S/C11H19N5O2S/c1-4-5-12-10(18)14-9(17)6-19-11-15-13-7-16(11)8(2)3/h7-8H,4-6H2,1-3H3,(H2,12,14,17,18). The third-order valence-electron chi connectivity index (χ3n) is 2.22. The van der Waals surface area contributed by atoms with E-state index in [9.17, 15) is 9.59 Å². The average molecular weight is 285 g/mol. The van der Waals surface area contributed by atoms with Gasteiger partial charge in [0.15, 0.2) is 5.16 Å². The number of hydrogen-bond donors (Lipinski definition) is 2. The Morgan fingerprint density at radius 3 is 2.84 bits per heavy atom. The molecule has 1 aromatic heterocycles. The van der Waals surface area contributed by atoms with Crippen LogP contribution < -0.4 is 10.6 Å². The first-order valence-corrected chi connectivity index (χ1v) is 7.13. The van der Waals surface area contributed by atoms with Crippen molar-refractivity contribution in [2.75, 3.05) is 12.3 Å². The van der Waals surface area contributed by atoms with Crippen molar-refractivity contribution in [3.8, 4) is 0 Å². The van der Waals surface area contributed by atoms with E-state index in [1.807, 2.05) is 25.3 Å². The second-order valence-electron chi connectivity index (χ2n) is 4.21. The van der Waals surface area contributed by atoms with Gasteiger partial charge in [0.05, 0.1) is 5.75 Å². The summed E-state index contributed by atoms with van der Waals surface area (Å²) in [4.78, 5) is 22.8. The van der Waals surface area contributed by atoms with Crippen molar-refractivity contribution in [3.63, 3.8) is 0 Å². The van der Waals surface area contributed by atoms with E-state index < -0.39 is 6.03 Å². The molecular weight excluding hydrogens is 266 g/mol. The number of urea groups is 1. The van der Waals surface area contributed by atoms with Crippen molar-refractivity contribution in [1.29, 1.82) is 0 Å². The van der Waals surface area contributed by atoms with Crippen LogP contribution in [0.25, 0.3) is 0 Å². The molecule has 0 radical (unpaired) electrons. The molecular formula is C11H19N5O2S. The molecule has 0 aliphatic heterocycles. The van der Waals surface area contributed by atoms with Crippen molar-refractivity contribution in [1.82, 2.24) is 25.4 Å². The molecule has 7 nitrogen and oxygen atoms in total. The Morgan fingerprint density at radius 1 is 1.47 bits per heavy atom. The zero-order valence-corrected chi connectivity index (χ0v) is 12.2. The van der Waals surface area contributed by atoms with Gasteiger partial charge < -0.3 is 9.88 Å². The molecule has 0 fully saturated rings. The Bertz CT molecular complexity index is 432. The molecule has 0 unspecified atom stereocenters. The van der Waals surface area contributed by atoms with Crippen LogP contribution >= 0.6 is 11.8 Å². The predicted octanol–water partition coefficient (Wildman–Crippen LogP) is 1.19. The first kappa shape index (κ1) is 15.5. The fourth-order valence-electron chi connectivity index (χ4n) is 1.27. The largest absolute Gasteiger partial charge is 0.338 e. The van der Waals surface area contributed by atoms with Crippen molar-refractivity contribution in [2.24, 2.45) is 0 Å². The maximum atomic E-state index is 11.5. The summed E-state index contributed by atoms with van der Waals surface area (Å²) in [6.45, 7) is 6.50. The monoisotopic (exact) mass is 285 g/mol. The summed E-state index contributed by atoms with van der Waals surface area (Å²) in [6.07, 6.45) is 2.45. The molecule has 1 heterocycles. The van der Waals surface area contributed by atoms with Gasteiger partial charge in [-0.15, -0.1) is 10.2 Å². The maximum Gasteiger partial charge on any atom is 0.321 e. The predicted molar refractivity (Wildman–Crippen MR) is 73.0 cm³/mol. The average Bonchev–Trinajstić information content (AvgIpc) is 2.82. The van der Waals surface area contributed by atoms with Crippen LogP contribution in [0.3, 0.4) is 0 Å². The normalized spacial score (nSPS) is 10.5. The van der Waals surface area contributed by atoms with E-state index in [1.54, 1.807) is 6.33 Å². The van der Waals surface area contributed by atoms with Crippen LogP contribution in [0.5, 0.6) is 0 Å². The van der Waals surface area contributed by atoms with Gasteiger partial charge in [-0.2, -0.15) is 0 Å². The highest BCUT2D eigenvalue weighted by molar-refractivity contribution is 7.99. The van der Waals surface area contributed by atoms with E-state index >= 15 is 0 Å². The zero-order chi connectivity index (χ0) is 14.3. The summed E-state index contributed by atoms with van der Waals surface area (Å²) in [5.74, 6) is -0.220. The smallest absolute Gasteiger partial charge is 0.321 e. The molecule has 0 saturated carbocycles. The lowest BCUT2D eigenvalue weighted by atomic mass is 10.4. The number of rotatable bonds is 6. The second-order valence-corrected chi connectivity index (χ2v) is 5.15. The number of amides is 3. The van der Waals surface area contributed by atoms with Gasteiger partial charge in [0.1, 0.15) is 6.33 Å². The molecule has 0 aromatic carbocycles. The molecule has 0 aliphatic carbocycles. The first-order valence-electron chi connectivity index (χ1n) is 6.14. The van der Waals surface area contributed by atoms with E-state index in [0.29, 0.717) is 11.7 Å². The number of imide groups is 1. The maximum absolute atomic E-state index is 11.5. The van der Waals surface area contributed by atoms with Crippen LogP contribution in [-0.2, 0) is 4.79 Å². The summed E-state index contributed by atoms with van der Waals surface area (Å²) < 4.78 is 1.87. The molecule has 0 bridgehead atoms. The van der Waals surface area contributed by atoms with E-state index in [1.165, 1.54) is 11.8 Å². The van der Waals surface area contributed by atoms with Gasteiger partial charge in [0, 0.05) is 12.6 Å². The summed E-state index contributed by atoms with van der Waals surface area (Å²) in [5, 5.41) is 13.2. The Labute approximate surface area is 116 Å². The second kappa shape index (κ2) is 7.78. The highest BCUT2D eigenvalue weighted by Crippen LogP contribution is 2.18. The van der Waals surface area contributed by atoms with E-state index in [0.717, 1.165) is 6.42 Å². The first-order chi connectivity index (χ1) is 9.04. The van der Waals surface area contributed by atoms with Crippen LogP contribution in [-0.4, -0.2) is 39.0 Å². The molecule has 3 amide bonds. The lowest BCUT2D eigenvalue weighted by Crippen LogP contribution is -2.40. The van der Waals surface area contributed by atoms with Crippen molar-refractivity contribution < 1.29 is 9.59 Å². The minimum absolute atomic E-state index is 0.130. The van der Waals surface area contributed by atoms with Crippen molar-refractivity contribution >= 4 is 23.7 Å². The fraction of sp³-hybridized carbons (Fsp3) is 0.636. The Hall–Kier alpha value is -1.57. The minimum atomic E-state index is -0.460. The Morgan fingerprint density at radius 2 is 2.21 bits per heavy atom. The summed E-state index contributed by atoms with van der Waals surface area (Å²) in [7, 11) is 0. The van der Waals surface area contributed by atoms with Crippen LogP contribution in [0.2, 0.25) is 0 Å². The number of nitrogens with one attached hydrogen (secondary N) is 2. The van der Waals surface area contributed by atoms with Gasteiger partial charge in [-0.1, -0.05) is 18.7 Å². The van der Waals surface area contributed by atoms with Gasteiger partial charge in [0.25, 0.3) is 0 Å². The van der Waals surface area contributed by atoms with Crippen LogP contribution in [0, 0.1) is 0 Å². The minimum Gasteiger partial charge on any atom is -0.338 e. The van der Waals surface area contributed by atoms with Crippen LogP contribution in [0.4, 0.5) is 4.79 Å². The zero-order valence-electron chi connectivity index (χ0n) is 11.3. The number of carbonyl (C=O) groups excluding carboxylic acids is 2. The fourth-order valence-corrected chi connectivity index (χ4v) is 2.11. The topological polar surface area (TPSA) is 88.9 Å². The molecule has 0 atom stereocenters. The Kier molecular flexibility index (Phi) is 6.34. The highest BCUT2D eigenvalue weighted by Gasteiger charge is 2.12. The lowest BCUT2D eigenvalue weighted by Gasteiger charge is -2.09. The van der Waals surface area contributed by atoms with Gasteiger partial charge in [-0.25, -0.2) is 4.79 Å². The highest BCUT2D eigenvalue weighted by atomic mass is 32.2. The molecule has 0 saturated heterocycles. The van der Waals surface area contributed by atoms with Crippen molar-refractivity contribution in [3.05, 3.63) is 6.33 Å². The molecule has 1 aromatic rings. The number of carbonyl (C=O) groups is 2. The number of nitrogens with zero attached hydrogens (tertiary/aromatic N) is 3. The summed E-state index contributed by atoms with van der Waals surface area (Å²) >= 11 is 1.25. The van der Waals surface area contributed by atoms with Gasteiger partial charge in [-0.05, 0) is 20.3 Å². The van der Waals surface area contributed by atoms with Gasteiger partial charge >= 0.3 is 6.03 Å². The molecule has 2 N–H and O–H groups in total. The number of thioether (sulfide) groups is 1. The molecule has 0 aliphatic rings. The molecule has 106 valence electrons.